The molecule has 0 aromatic carbocycles. The molecule has 2 rings (SSSR count). The molecule has 0 saturated heterocycles. The molecule has 0 aliphatic carbocycles. The van der Waals surface area contributed by atoms with Gasteiger partial charge in [0.25, 0.3) is 0 Å². The monoisotopic (exact) mass is 262 g/mol. The molecule has 5 nitrogen and oxygen atoms in total. The summed E-state index contributed by atoms with van der Waals surface area (Å²) < 4.78 is 7.46. The topological polar surface area (TPSA) is 56.7 Å². The van der Waals surface area contributed by atoms with Gasteiger partial charge in [-0.3, -0.25) is 0 Å². The molecule has 104 valence electrons. The highest BCUT2D eigenvalue weighted by Gasteiger charge is 2.25. The van der Waals surface area contributed by atoms with Crippen LogP contribution < -0.4 is 0 Å². The van der Waals surface area contributed by atoms with E-state index in [1.165, 1.54) is 0 Å². The van der Waals surface area contributed by atoms with E-state index in [0.717, 1.165) is 11.6 Å². The Morgan fingerprint density at radius 2 is 1.89 bits per heavy atom. The lowest BCUT2D eigenvalue weighted by molar-refractivity contribution is 0.333. The third-order valence-corrected chi connectivity index (χ3v) is 3.09. The lowest BCUT2D eigenvalue weighted by Gasteiger charge is -2.22. The Morgan fingerprint density at radius 3 is 2.42 bits per heavy atom. The van der Waals surface area contributed by atoms with Gasteiger partial charge in [0.1, 0.15) is 11.9 Å². The standard InChI is InChI=1S/C14H22N4O/c1-9(2)11-16-12(19-17-11)10(3)18-8-7-15-13(18)14(4,5)6/h7-10H,1-6H3/t10-/m1/s1. The predicted molar refractivity (Wildman–Crippen MR) is 73.1 cm³/mol. The second-order valence-electron chi connectivity index (χ2n) is 6.23. The van der Waals surface area contributed by atoms with Crippen molar-refractivity contribution in [2.75, 3.05) is 0 Å². The number of nitrogens with zero attached hydrogens (tertiary/aromatic N) is 4. The van der Waals surface area contributed by atoms with E-state index in [4.69, 9.17) is 4.52 Å². The van der Waals surface area contributed by atoms with E-state index in [1.54, 1.807) is 0 Å². The maximum Gasteiger partial charge on any atom is 0.249 e. The summed E-state index contributed by atoms with van der Waals surface area (Å²) in [6.45, 7) is 12.6. The van der Waals surface area contributed by atoms with Gasteiger partial charge >= 0.3 is 0 Å². The molecule has 2 aromatic heterocycles. The molecule has 0 aliphatic rings. The smallest absolute Gasteiger partial charge is 0.249 e. The lowest BCUT2D eigenvalue weighted by atomic mass is 9.95. The zero-order valence-electron chi connectivity index (χ0n) is 12.5. The van der Waals surface area contributed by atoms with Gasteiger partial charge in [-0.2, -0.15) is 4.98 Å². The predicted octanol–water partition coefficient (Wildman–Crippen LogP) is 3.30. The van der Waals surface area contributed by atoms with Crippen LogP contribution in [0, 0.1) is 0 Å². The Kier molecular flexibility index (Phi) is 3.47. The van der Waals surface area contributed by atoms with E-state index in [-0.39, 0.29) is 17.4 Å². The summed E-state index contributed by atoms with van der Waals surface area (Å²) in [5, 5.41) is 4.02. The van der Waals surface area contributed by atoms with E-state index in [0.29, 0.717) is 5.89 Å². The molecule has 0 fully saturated rings. The Hall–Kier alpha value is -1.65. The quantitative estimate of drug-likeness (QED) is 0.851. The highest BCUT2D eigenvalue weighted by atomic mass is 16.5. The summed E-state index contributed by atoms with van der Waals surface area (Å²) in [6.07, 6.45) is 3.78. The van der Waals surface area contributed by atoms with Crippen LogP contribution in [-0.4, -0.2) is 19.7 Å². The van der Waals surface area contributed by atoms with E-state index in [1.807, 2.05) is 12.4 Å². The van der Waals surface area contributed by atoms with Crippen LogP contribution in [0.1, 0.15) is 71.0 Å². The first-order valence-corrected chi connectivity index (χ1v) is 6.67. The van der Waals surface area contributed by atoms with Crippen LogP contribution in [0.25, 0.3) is 0 Å². The van der Waals surface area contributed by atoms with Crippen molar-refractivity contribution in [3.8, 4) is 0 Å². The SMILES string of the molecule is CC(C)c1noc([C@@H](C)n2ccnc2C(C)(C)C)n1. The first kappa shape index (κ1) is 13.8. The van der Waals surface area contributed by atoms with Crippen molar-refractivity contribution in [2.45, 2.75) is 58.9 Å². The van der Waals surface area contributed by atoms with E-state index >= 15 is 0 Å². The zero-order chi connectivity index (χ0) is 14.2. The fraction of sp³-hybridized carbons (Fsp3) is 0.643. The molecular formula is C14H22N4O. The van der Waals surface area contributed by atoms with Gasteiger partial charge in [-0.1, -0.05) is 39.8 Å². The Morgan fingerprint density at radius 1 is 1.21 bits per heavy atom. The molecular weight excluding hydrogens is 240 g/mol. The van der Waals surface area contributed by atoms with Crippen molar-refractivity contribution in [2.24, 2.45) is 0 Å². The van der Waals surface area contributed by atoms with Gasteiger partial charge in [-0.15, -0.1) is 0 Å². The average Bonchev–Trinajstić information content (AvgIpc) is 2.96. The van der Waals surface area contributed by atoms with Crippen LogP contribution in [0.5, 0.6) is 0 Å². The molecule has 2 aromatic rings. The molecule has 0 amide bonds. The molecule has 1 atom stereocenters. The average molecular weight is 262 g/mol. The highest BCUT2D eigenvalue weighted by Crippen LogP contribution is 2.26. The summed E-state index contributed by atoms with van der Waals surface area (Å²) in [6, 6.07) is -0.00303. The number of rotatable bonds is 3. The van der Waals surface area contributed by atoms with Crippen LogP contribution in [0.2, 0.25) is 0 Å². The summed E-state index contributed by atoms with van der Waals surface area (Å²) in [4.78, 5) is 8.91. The second kappa shape index (κ2) is 4.79. The molecule has 19 heavy (non-hydrogen) atoms. The van der Waals surface area contributed by atoms with E-state index < -0.39 is 0 Å². The maximum atomic E-state index is 5.37. The van der Waals surface area contributed by atoms with Crippen molar-refractivity contribution in [3.05, 3.63) is 29.9 Å². The third-order valence-electron chi connectivity index (χ3n) is 3.09. The second-order valence-corrected chi connectivity index (χ2v) is 6.23. The first-order valence-electron chi connectivity index (χ1n) is 6.67. The van der Waals surface area contributed by atoms with Gasteiger partial charge in [-0.25, -0.2) is 4.98 Å². The fourth-order valence-electron chi connectivity index (χ4n) is 1.98. The zero-order valence-corrected chi connectivity index (χ0v) is 12.5. The van der Waals surface area contributed by atoms with Gasteiger partial charge in [0.15, 0.2) is 5.82 Å². The van der Waals surface area contributed by atoms with Crippen molar-refractivity contribution >= 4 is 0 Å². The van der Waals surface area contributed by atoms with Crippen molar-refractivity contribution in [3.63, 3.8) is 0 Å². The number of hydrogen-bond donors (Lipinski definition) is 0. The maximum absolute atomic E-state index is 5.37. The van der Waals surface area contributed by atoms with Gasteiger partial charge in [-0.05, 0) is 6.92 Å². The molecule has 0 bridgehead atoms. The van der Waals surface area contributed by atoms with Crippen LogP contribution >= 0.6 is 0 Å². The fourth-order valence-corrected chi connectivity index (χ4v) is 1.98. The van der Waals surface area contributed by atoms with Crippen LogP contribution in [0.3, 0.4) is 0 Å². The van der Waals surface area contributed by atoms with Crippen LogP contribution in [0.15, 0.2) is 16.9 Å². The normalized spacial score (nSPS) is 14.1. The van der Waals surface area contributed by atoms with Crippen molar-refractivity contribution in [1.82, 2.24) is 19.7 Å². The molecule has 0 unspecified atom stereocenters. The highest BCUT2D eigenvalue weighted by molar-refractivity contribution is 5.09. The van der Waals surface area contributed by atoms with Crippen molar-refractivity contribution in [1.29, 1.82) is 0 Å². The number of hydrogen-bond acceptors (Lipinski definition) is 4. The van der Waals surface area contributed by atoms with Gasteiger partial charge in [0.2, 0.25) is 5.89 Å². The molecule has 2 heterocycles. The van der Waals surface area contributed by atoms with Gasteiger partial charge in [0.05, 0.1) is 0 Å². The van der Waals surface area contributed by atoms with E-state index in [9.17, 15) is 0 Å². The molecule has 0 aliphatic heterocycles. The molecule has 0 radical (unpaired) electrons. The Balaban J connectivity index is 2.34. The van der Waals surface area contributed by atoms with Crippen LogP contribution in [0.4, 0.5) is 0 Å². The number of imidazole rings is 1. The molecule has 0 saturated carbocycles. The lowest BCUT2D eigenvalue weighted by Crippen LogP contribution is -2.21. The summed E-state index contributed by atoms with van der Waals surface area (Å²) >= 11 is 0. The van der Waals surface area contributed by atoms with Crippen LogP contribution in [-0.2, 0) is 5.41 Å². The minimum atomic E-state index is -0.0152. The van der Waals surface area contributed by atoms with Gasteiger partial charge in [0, 0.05) is 23.7 Å². The third kappa shape index (κ3) is 2.69. The van der Waals surface area contributed by atoms with Gasteiger partial charge < -0.3 is 9.09 Å². The molecule has 0 N–H and O–H groups in total. The first-order chi connectivity index (χ1) is 8.80. The summed E-state index contributed by atoms with van der Waals surface area (Å²) in [7, 11) is 0. The minimum Gasteiger partial charge on any atom is -0.337 e. The molecule has 5 heteroatoms. The summed E-state index contributed by atoms with van der Waals surface area (Å²) in [5.74, 6) is 2.67. The minimum absolute atomic E-state index is 0.00303. The van der Waals surface area contributed by atoms with E-state index in [2.05, 4.69) is 61.2 Å². The number of aromatic nitrogens is 4. The summed E-state index contributed by atoms with van der Waals surface area (Å²) in [5.41, 5.74) is -0.0152. The Labute approximate surface area is 114 Å². The largest absolute Gasteiger partial charge is 0.337 e. The Bertz CT molecular complexity index is 548. The molecule has 0 spiro atoms. The van der Waals surface area contributed by atoms with Crippen molar-refractivity contribution < 1.29 is 4.52 Å².